The van der Waals surface area contributed by atoms with Gasteiger partial charge >= 0.3 is 0 Å². The number of thiophene rings is 1. The SMILES string of the molecule is Nc1c(Sc2ccccc2)sc2ccc(Cl)cc12. The van der Waals surface area contributed by atoms with Crippen LogP contribution in [0.4, 0.5) is 5.69 Å². The molecule has 0 radical (unpaired) electrons. The quantitative estimate of drug-likeness (QED) is 0.694. The zero-order valence-electron chi connectivity index (χ0n) is 9.39. The van der Waals surface area contributed by atoms with Gasteiger partial charge < -0.3 is 5.73 Å². The van der Waals surface area contributed by atoms with E-state index in [0.29, 0.717) is 0 Å². The Morgan fingerprint density at radius 2 is 1.83 bits per heavy atom. The highest BCUT2D eigenvalue weighted by Gasteiger charge is 2.10. The standard InChI is InChI=1S/C14H10ClNS2/c15-9-6-7-12-11(8-9)13(16)14(18-12)17-10-4-2-1-3-5-10/h1-8H,16H2. The van der Waals surface area contributed by atoms with Gasteiger partial charge in [0.1, 0.15) is 0 Å². The third-order valence-electron chi connectivity index (χ3n) is 2.61. The van der Waals surface area contributed by atoms with Gasteiger partial charge in [0, 0.05) is 20.0 Å². The summed E-state index contributed by atoms with van der Waals surface area (Å²) in [5.41, 5.74) is 7.01. The second kappa shape index (κ2) is 4.84. The molecule has 0 saturated heterocycles. The van der Waals surface area contributed by atoms with Crippen molar-refractivity contribution >= 4 is 50.5 Å². The van der Waals surface area contributed by atoms with Crippen LogP contribution in [-0.4, -0.2) is 0 Å². The predicted molar refractivity (Wildman–Crippen MR) is 81.8 cm³/mol. The van der Waals surface area contributed by atoms with Crippen molar-refractivity contribution in [2.75, 3.05) is 5.73 Å². The van der Waals surface area contributed by atoms with E-state index < -0.39 is 0 Å². The van der Waals surface area contributed by atoms with Gasteiger partial charge in [-0.15, -0.1) is 11.3 Å². The van der Waals surface area contributed by atoms with Crippen LogP contribution in [0, 0.1) is 0 Å². The Labute approximate surface area is 119 Å². The Morgan fingerprint density at radius 1 is 1.06 bits per heavy atom. The Morgan fingerprint density at radius 3 is 2.61 bits per heavy atom. The van der Waals surface area contributed by atoms with Crippen molar-refractivity contribution in [1.29, 1.82) is 0 Å². The topological polar surface area (TPSA) is 26.0 Å². The lowest BCUT2D eigenvalue weighted by molar-refractivity contribution is 1.46. The normalized spacial score (nSPS) is 10.9. The summed E-state index contributed by atoms with van der Waals surface area (Å²) in [6.45, 7) is 0. The van der Waals surface area contributed by atoms with Crippen molar-refractivity contribution in [1.82, 2.24) is 0 Å². The first-order valence-electron chi connectivity index (χ1n) is 5.44. The minimum Gasteiger partial charge on any atom is -0.397 e. The molecule has 0 fully saturated rings. The molecule has 0 atom stereocenters. The minimum absolute atomic E-state index is 0.725. The van der Waals surface area contributed by atoms with E-state index in [1.165, 1.54) is 9.60 Å². The summed E-state index contributed by atoms with van der Waals surface area (Å²) in [5, 5.41) is 1.77. The summed E-state index contributed by atoms with van der Waals surface area (Å²) >= 11 is 9.41. The number of hydrogen-bond acceptors (Lipinski definition) is 3. The lowest BCUT2D eigenvalue weighted by Crippen LogP contribution is -1.83. The molecule has 1 nitrogen and oxygen atoms in total. The number of halogens is 1. The summed E-state index contributed by atoms with van der Waals surface area (Å²) in [5.74, 6) is 0. The third-order valence-corrected chi connectivity index (χ3v) is 5.24. The van der Waals surface area contributed by atoms with E-state index in [-0.39, 0.29) is 0 Å². The Balaban J connectivity index is 2.05. The van der Waals surface area contributed by atoms with Crippen LogP contribution in [0.3, 0.4) is 0 Å². The number of hydrogen-bond donors (Lipinski definition) is 1. The molecule has 0 aliphatic carbocycles. The van der Waals surface area contributed by atoms with Crippen molar-refractivity contribution in [2.45, 2.75) is 9.10 Å². The Bertz CT molecular complexity index is 692. The molecule has 1 heterocycles. The molecule has 0 unspecified atom stereocenters. The van der Waals surface area contributed by atoms with Crippen molar-refractivity contribution < 1.29 is 0 Å². The average molecular weight is 292 g/mol. The summed E-state index contributed by atoms with van der Waals surface area (Å²) in [4.78, 5) is 1.20. The number of benzene rings is 2. The van der Waals surface area contributed by atoms with E-state index in [9.17, 15) is 0 Å². The number of rotatable bonds is 2. The van der Waals surface area contributed by atoms with Gasteiger partial charge in [-0.1, -0.05) is 41.6 Å². The molecule has 0 amide bonds. The first-order valence-corrected chi connectivity index (χ1v) is 7.45. The van der Waals surface area contributed by atoms with Crippen LogP contribution >= 0.6 is 34.7 Å². The van der Waals surface area contributed by atoms with Crippen molar-refractivity contribution in [3.05, 3.63) is 53.6 Å². The van der Waals surface area contributed by atoms with Gasteiger partial charge in [0.25, 0.3) is 0 Å². The molecule has 90 valence electrons. The number of nitrogen functional groups attached to an aromatic ring is 1. The van der Waals surface area contributed by atoms with Crippen molar-refractivity contribution in [3.63, 3.8) is 0 Å². The van der Waals surface area contributed by atoms with Gasteiger partial charge in [0.2, 0.25) is 0 Å². The van der Waals surface area contributed by atoms with Gasteiger partial charge in [-0.05, 0) is 30.3 Å². The summed E-state index contributed by atoms with van der Waals surface area (Å²) < 4.78 is 2.30. The fraction of sp³-hybridized carbons (Fsp3) is 0. The second-order valence-electron chi connectivity index (χ2n) is 3.86. The van der Waals surface area contributed by atoms with Crippen molar-refractivity contribution in [3.8, 4) is 0 Å². The summed E-state index contributed by atoms with van der Waals surface area (Å²) in [7, 11) is 0. The van der Waals surface area contributed by atoms with Gasteiger partial charge in [-0.25, -0.2) is 0 Å². The van der Waals surface area contributed by atoms with E-state index in [4.69, 9.17) is 17.3 Å². The molecular formula is C14H10ClNS2. The smallest absolute Gasteiger partial charge is 0.0889 e. The molecule has 1 aromatic heterocycles. The average Bonchev–Trinajstić information content (AvgIpc) is 2.68. The lowest BCUT2D eigenvalue weighted by atomic mass is 10.2. The van der Waals surface area contributed by atoms with Crippen LogP contribution in [0.2, 0.25) is 5.02 Å². The van der Waals surface area contributed by atoms with E-state index in [0.717, 1.165) is 20.3 Å². The molecule has 0 aliphatic heterocycles. The van der Waals surface area contributed by atoms with E-state index in [2.05, 4.69) is 12.1 Å². The lowest BCUT2D eigenvalue weighted by Gasteiger charge is -1.99. The fourth-order valence-corrected chi connectivity index (χ4v) is 4.20. The molecular weight excluding hydrogens is 282 g/mol. The van der Waals surface area contributed by atoms with Gasteiger partial charge in [-0.2, -0.15) is 0 Å². The summed E-state index contributed by atoms with van der Waals surface area (Å²) in [6, 6.07) is 16.1. The van der Waals surface area contributed by atoms with E-state index >= 15 is 0 Å². The van der Waals surface area contributed by atoms with Crippen molar-refractivity contribution in [2.24, 2.45) is 0 Å². The number of nitrogens with two attached hydrogens (primary N) is 1. The maximum absolute atomic E-state index is 6.19. The molecule has 0 spiro atoms. The van der Waals surface area contributed by atoms with E-state index in [1.54, 1.807) is 23.1 Å². The molecule has 0 saturated carbocycles. The minimum atomic E-state index is 0.725. The summed E-state index contributed by atoms with van der Waals surface area (Å²) in [6.07, 6.45) is 0. The van der Waals surface area contributed by atoms with Crippen LogP contribution in [0.25, 0.3) is 10.1 Å². The Kier molecular flexibility index (Phi) is 3.20. The molecule has 0 aliphatic rings. The first-order chi connectivity index (χ1) is 8.74. The van der Waals surface area contributed by atoms with Gasteiger partial charge in [0.15, 0.2) is 0 Å². The highest BCUT2D eigenvalue weighted by molar-refractivity contribution is 8.01. The molecule has 4 heteroatoms. The number of anilines is 1. The van der Waals surface area contributed by atoms with Crippen LogP contribution in [-0.2, 0) is 0 Å². The van der Waals surface area contributed by atoms with Crippen LogP contribution < -0.4 is 5.73 Å². The molecule has 0 bridgehead atoms. The molecule has 2 aromatic carbocycles. The molecule has 2 N–H and O–H groups in total. The van der Waals surface area contributed by atoms with Crippen LogP contribution in [0.1, 0.15) is 0 Å². The monoisotopic (exact) mass is 291 g/mol. The zero-order chi connectivity index (χ0) is 12.5. The van der Waals surface area contributed by atoms with E-state index in [1.807, 2.05) is 36.4 Å². The maximum atomic E-state index is 6.19. The zero-order valence-corrected chi connectivity index (χ0v) is 11.8. The van der Waals surface area contributed by atoms with Crippen LogP contribution in [0.15, 0.2) is 57.6 Å². The molecule has 3 aromatic rings. The van der Waals surface area contributed by atoms with Crippen LogP contribution in [0.5, 0.6) is 0 Å². The molecule has 18 heavy (non-hydrogen) atoms. The Hall–Kier alpha value is -1.16. The maximum Gasteiger partial charge on any atom is 0.0889 e. The largest absolute Gasteiger partial charge is 0.397 e. The highest BCUT2D eigenvalue weighted by Crippen LogP contribution is 2.43. The highest BCUT2D eigenvalue weighted by atomic mass is 35.5. The second-order valence-corrected chi connectivity index (χ2v) is 6.69. The number of fused-ring (bicyclic) bond motifs is 1. The van der Waals surface area contributed by atoms with Gasteiger partial charge in [0.05, 0.1) is 9.90 Å². The third kappa shape index (κ3) is 2.21. The first kappa shape index (κ1) is 11.9. The fourth-order valence-electron chi connectivity index (χ4n) is 1.74. The molecule has 3 rings (SSSR count). The predicted octanol–water partition coefficient (Wildman–Crippen LogP) is 5.29. The van der Waals surface area contributed by atoms with Gasteiger partial charge in [-0.3, -0.25) is 0 Å².